The van der Waals surface area contributed by atoms with Crippen LogP contribution in [0.25, 0.3) is 0 Å². The van der Waals surface area contributed by atoms with Gasteiger partial charge in [0, 0.05) is 18.1 Å². The van der Waals surface area contributed by atoms with Gasteiger partial charge in [0.2, 0.25) is 5.91 Å². The first-order valence-corrected chi connectivity index (χ1v) is 6.59. The van der Waals surface area contributed by atoms with Crippen LogP contribution in [0.15, 0.2) is 22.7 Å². The molecule has 17 heavy (non-hydrogen) atoms. The van der Waals surface area contributed by atoms with Crippen LogP contribution >= 0.6 is 15.9 Å². The summed E-state index contributed by atoms with van der Waals surface area (Å²) in [5, 5.41) is 0. The lowest BCUT2D eigenvalue weighted by Crippen LogP contribution is -2.45. The Kier molecular flexibility index (Phi) is 3.43. The number of carbonyl (C=O) groups excluding carboxylic acids is 1. The third kappa shape index (κ3) is 2.46. The van der Waals surface area contributed by atoms with Crippen molar-refractivity contribution in [2.45, 2.75) is 13.8 Å². The van der Waals surface area contributed by atoms with Crippen LogP contribution < -0.4 is 9.80 Å². The second-order valence-electron chi connectivity index (χ2n) is 4.89. The predicted molar refractivity (Wildman–Crippen MR) is 74.6 cm³/mol. The van der Waals surface area contributed by atoms with Crippen molar-refractivity contribution in [3.63, 3.8) is 0 Å². The van der Waals surface area contributed by atoms with E-state index >= 15 is 0 Å². The molecule has 1 heterocycles. The summed E-state index contributed by atoms with van der Waals surface area (Å²) in [5.74, 6) is 0.640. The van der Waals surface area contributed by atoms with Crippen molar-refractivity contribution in [2.24, 2.45) is 5.92 Å². The summed E-state index contributed by atoms with van der Waals surface area (Å²) in [6.07, 6.45) is 0. The number of likely N-dealkylation sites (N-methyl/N-ethyl adjacent to an activating group) is 1. The molecule has 0 unspecified atom stereocenters. The largest absolute Gasteiger partial charge is 0.364 e. The number of nitrogens with zero attached hydrogens (tertiary/aromatic N) is 2. The Morgan fingerprint density at radius 1 is 1.35 bits per heavy atom. The standard InChI is InChI=1S/C13H17BrN2O/c1-9(2)7-16-12-6-10(14)4-5-11(12)15(3)8-13(16)17/h4-6,9H,7-8H2,1-3H3. The summed E-state index contributed by atoms with van der Waals surface area (Å²) >= 11 is 3.47. The van der Waals surface area contributed by atoms with E-state index in [9.17, 15) is 4.79 Å². The molecule has 1 aliphatic heterocycles. The normalized spacial score (nSPS) is 15.5. The molecule has 1 aromatic rings. The van der Waals surface area contributed by atoms with Crippen LogP contribution in [0.5, 0.6) is 0 Å². The molecule has 92 valence electrons. The molecule has 0 N–H and O–H groups in total. The smallest absolute Gasteiger partial charge is 0.246 e. The van der Waals surface area contributed by atoms with Gasteiger partial charge in [-0.25, -0.2) is 0 Å². The van der Waals surface area contributed by atoms with E-state index in [4.69, 9.17) is 0 Å². The zero-order chi connectivity index (χ0) is 12.6. The van der Waals surface area contributed by atoms with Gasteiger partial charge in [-0.15, -0.1) is 0 Å². The first-order chi connectivity index (χ1) is 7.99. The first-order valence-electron chi connectivity index (χ1n) is 5.80. The van der Waals surface area contributed by atoms with Crippen LogP contribution in [-0.4, -0.2) is 26.0 Å². The van der Waals surface area contributed by atoms with Crippen LogP contribution in [0.2, 0.25) is 0 Å². The fourth-order valence-corrected chi connectivity index (χ4v) is 2.46. The van der Waals surface area contributed by atoms with Gasteiger partial charge in [-0.05, 0) is 24.1 Å². The maximum absolute atomic E-state index is 12.1. The minimum absolute atomic E-state index is 0.173. The molecule has 0 aromatic heterocycles. The summed E-state index contributed by atoms with van der Waals surface area (Å²) in [5.41, 5.74) is 2.13. The topological polar surface area (TPSA) is 23.6 Å². The number of rotatable bonds is 2. The van der Waals surface area contributed by atoms with Crippen molar-refractivity contribution >= 4 is 33.2 Å². The SMILES string of the molecule is CC(C)CN1C(=O)CN(C)c2ccc(Br)cc21. The number of hydrogen-bond acceptors (Lipinski definition) is 2. The van der Waals surface area contributed by atoms with Crippen molar-refractivity contribution in [3.05, 3.63) is 22.7 Å². The van der Waals surface area contributed by atoms with E-state index in [2.05, 4.69) is 35.8 Å². The van der Waals surface area contributed by atoms with Gasteiger partial charge in [0.15, 0.2) is 0 Å². The quantitative estimate of drug-likeness (QED) is 0.838. The van der Waals surface area contributed by atoms with Crippen molar-refractivity contribution in [1.29, 1.82) is 0 Å². The van der Waals surface area contributed by atoms with E-state index in [-0.39, 0.29) is 5.91 Å². The highest BCUT2D eigenvalue weighted by atomic mass is 79.9. The fourth-order valence-electron chi connectivity index (χ4n) is 2.11. The lowest BCUT2D eigenvalue weighted by Gasteiger charge is -2.36. The molecule has 3 nitrogen and oxygen atoms in total. The Bertz CT molecular complexity index is 445. The third-order valence-corrected chi connectivity index (χ3v) is 3.35. The number of benzene rings is 1. The Balaban J connectivity index is 2.44. The van der Waals surface area contributed by atoms with E-state index in [1.165, 1.54) is 0 Å². The molecule has 4 heteroatoms. The van der Waals surface area contributed by atoms with Gasteiger partial charge < -0.3 is 9.80 Å². The van der Waals surface area contributed by atoms with Gasteiger partial charge in [-0.3, -0.25) is 4.79 Å². The zero-order valence-corrected chi connectivity index (χ0v) is 12.0. The molecular formula is C13H17BrN2O. The molecule has 2 rings (SSSR count). The third-order valence-electron chi connectivity index (χ3n) is 2.86. The lowest BCUT2D eigenvalue weighted by molar-refractivity contribution is -0.117. The van der Waals surface area contributed by atoms with Crippen LogP contribution in [-0.2, 0) is 4.79 Å². The average molecular weight is 297 g/mol. The summed E-state index contributed by atoms with van der Waals surface area (Å²) in [6.45, 7) is 5.49. The molecule has 0 saturated carbocycles. The maximum Gasteiger partial charge on any atom is 0.246 e. The van der Waals surface area contributed by atoms with Gasteiger partial charge >= 0.3 is 0 Å². The van der Waals surface area contributed by atoms with Gasteiger partial charge in [0.1, 0.15) is 0 Å². The number of fused-ring (bicyclic) bond motifs is 1. The second kappa shape index (κ2) is 4.69. The molecular weight excluding hydrogens is 280 g/mol. The molecule has 0 bridgehead atoms. The lowest BCUT2D eigenvalue weighted by atomic mass is 10.1. The monoisotopic (exact) mass is 296 g/mol. The Hall–Kier alpha value is -1.03. The fraction of sp³-hybridized carbons (Fsp3) is 0.462. The number of anilines is 2. The molecule has 1 aliphatic rings. The Morgan fingerprint density at radius 2 is 2.06 bits per heavy atom. The molecule has 1 aromatic carbocycles. The molecule has 0 radical (unpaired) electrons. The summed E-state index contributed by atoms with van der Waals surface area (Å²) in [7, 11) is 1.96. The summed E-state index contributed by atoms with van der Waals surface area (Å²) in [6, 6.07) is 6.09. The average Bonchev–Trinajstić information content (AvgIpc) is 2.23. The van der Waals surface area contributed by atoms with E-state index in [0.29, 0.717) is 12.5 Å². The molecule has 0 atom stereocenters. The van der Waals surface area contributed by atoms with Crippen molar-refractivity contribution < 1.29 is 4.79 Å². The number of halogens is 1. The minimum atomic E-state index is 0.173. The Morgan fingerprint density at radius 3 is 2.71 bits per heavy atom. The molecule has 0 aliphatic carbocycles. The second-order valence-corrected chi connectivity index (χ2v) is 5.80. The Labute approximate surface area is 111 Å². The van der Waals surface area contributed by atoms with Crippen LogP contribution in [0.3, 0.4) is 0 Å². The van der Waals surface area contributed by atoms with Gasteiger partial charge in [0.25, 0.3) is 0 Å². The highest BCUT2D eigenvalue weighted by Crippen LogP contribution is 2.35. The number of amides is 1. The molecule has 0 saturated heterocycles. The van der Waals surface area contributed by atoms with Crippen molar-refractivity contribution in [2.75, 3.05) is 29.9 Å². The van der Waals surface area contributed by atoms with Crippen molar-refractivity contribution in [3.8, 4) is 0 Å². The van der Waals surface area contributed by atoms with E-state index < -0.39 is 0 Å². The highest BCUT2D eigenvalue weighted by Gasteiger charge is 2.27. The maximum atomic E-state index is 12.1. The van der Waals surface area contributed by atoms with Gasteiger partial charge in [-0.1, -0.05) is 29.8 Å². The van der Waals surface area contributed by atoms with Gasteiger partial charge in [0.05, 0.1) is 17.9 Å². The van der Waals surface area contributed by atoms with Crippen molar-refractivity contribution in [1.82, 2.24) is 0 Å². The number of hydrogen-bond donors (Lipinski definition) is 0. The highest BCUT2D eigenvalue weighted by molar-refractivity contribution is 9.10. The van der Waals surface area contributed by atoms with Gasteiger partial charge in [-0.2, -0.15) is 0 Å². The minimum Gasteiger partial charge on any atom is -0.364 e. The molecule has 1 amide bonds. The van der Waals surface area contributed by atoms with Crippen LogP contribution in [0.4, 0.5) is 11.4 Å². The van der Waals surface area contributed by atoms with Crippen LogP contribution in [0.1, 0.15) is 13.8 Å². The van der Waals surface area contributed by atoms with Crippen LogP contribution in [0, 0.1) is 5.92 Å². The zero-order valence-electron chi connectivity index (χ0n) is 10.4. The number of carbonyl (C=O) groups is 1. The summed E-state index contributed by atoms with van der Waals surface area (Å²) < 4.78 is 1.01. The van der Waals surface area contributed by atoms with E-state index in [1.54, 1.807) is 0 Å². The van der Waals surface area contributed by atoms with E-state index in [0.717, 1.165) is 22.4 Å². The first kappa shape index (κ1) is 12.4. The molecule has 0 fully saturated rings. The molecule has 0 spiro atoms. The predicted octanol–water partition coefficient (Wildman–Crippen LogP) is 2.89. The van der Waals surface area contributed by atoms with E-state index in [1.807, 2.05) is 29.0 Å². The summed E-state index contributed by atoms with van der Waals surface area (Å²) in [4.78, 5) is 16.0.